The van der Waals surface area contributed by atoms with E-state index in [4.69, 9.17) is 11.6 Å². The van der Waals surface area contributed by atoms with E-state index in [2.05, 4.69) is 0 Å². The Balaban J connectivity index is 2.60. The molecule has 46 valence electrons. The summed E-state index contributed by atoms with van der Waals surface area (Å²) >= 11 is 5.06. The third kappa shape index (κ3) is 0.561. The smallest absolute Gasteiger partial charge is 0.263 e. The number of nitro groups is 1. The third-order valence-corrected chi connectivity index (χ3v) is 1.62. The Morgan fingerprint density at radius 1 is 2.00 bits per heavy atom. The van der Waals surface area contributed by atoms with E-state index >= 15 is 0 Å². The number of nitrogens with zero attached hydrogens (tertiary/aromatic N) is 1. The molecule has 1 aliphatic carbocycles. The van der Waals surface area contributed by atoms with Gasteiger partial charge in [-0.25, -0.2) is 4.39 Å². The van der Waals surface area contributed by atoms with Gasteiger partial charge in [0.25, 0.3) is 0 Å². The van der Waals surface area contributed by atoms with Gasteiger partial charge in [0.15, 0.2) is 6.17 Å². The summed E-state index contributed by atoms with van der Waals surface area (Å²) in [5.74, 6) is 0. The van der Waals surface area contributed by atoms with Crippen LogP contribution in [0.3, 0.4) is 0 Å². The number of rotatable bonds is 1. The highest BCUT2D eigenvalue weighted by Gasteiger charge is 2.67. The van der Waals surface area contributed by atoms with E-state index in [1.165, 1.54) is 0 Å². The quantitative estimate of drug-likeness (QED) is 0.235. The predicted molar refractivity (Wildman–Crippen MR) is 25.1 cm³/mol. The molecule has 0 aromatic carbocycles. The zero-order chi connectivity index (χ0) is 6.36. The minimum absolute atomic E-state index is 0.151. The number of hydrogen-bond donors (Lipinski definition) is 0. The molecular formula is C3H3ClFNO2. The van der Waals surface area contributed by atoms with Gasteiger partial charge in [-0.05, 0) is 11.6 Å². The van der Waals surface area contributed by atoms with Crippen molar-refractivity contribution in [3.63, 3.8) is 0 Å². The summed E-state index contributed by atoms with van der Waals surface area (Å²) in [7, 11) is 0. The van der Waals surface area contributed by atoms with Crippen molar-refractivity contribution < 1.29 is 9.31 Å². The second-order valence-corrected chi connectivity index (χ2v) is 2.40. The predicted octanol–water partition coefficient (Wildman–Crippen LogP) is 0.940. The van der Waals surface area contributed by atoms with Crippen molar-refractivity contribution in [2.45, 2.75) is 17.6 Å². The van der Waals surface area contributed by atoms with Crippen LogP contribution in [0.1, 0.15) is 6.42 Å². The fourth-order valence-electron chi connectivity index (χ4n) is 0.381. The van der Waals surface area contributed by atoms with Crippen LogP contribution in [0.4, 0.5) is 4.39 Å². The monoisotopic (exact) mass is 139 g/mol. The van der Waals surface area contributed by atoms with E-state index in [1.54, 1.807) is 0 Å². The van der Waals surface area contributed by atoms with Gasteiger partial charge < -0.3 is 0 Å². The molecule has 3 nitrogen and oxygen atoms in total. The van der Waals surface area contributed by atoms with Gasteiger partial charge in [0, 0.05) is 4.92 Å². The molecule has 2 unspecified atom stereocenters. The first-order valence-corrected chi connectivity index (χ1v) is 2.42. The Morgan fingerprint density at radius 3 is 2.38 bits per heavy atom. The van der Waals surface area contributed by atoms with Crippen LogP contribution in [-0.2, 0) is 0 Å². The summed E-state index contributed by atoms with van der Waals surface area (Å²) in [4.78, 5) is 7.17. The van der Waals surface area contributed by atoms with Gasteiger partial charge in [-0.3, -0.25) is 10.1 Å². The number of halogens is 2. The van der Waals surface area contributed by atoms with E-state index in [0.29, 0.717) is 0 Å². The van der Waals surface area contributed by atoms with Gasteiger partial charge in [0.2, 0.25) is 0 Å². The molecule has 0 radical (unpaired) electrons. The lowest BCUT2D eigenvalue weighted by Crippen LogP contribution is -2.16. The molecule has 1 fully saturated rings. The molecule has 1 rings (SSSR count). The SMILES string of the molecule is O=[N+]([O-])C1(Cl)CC1F. The minimum atomic E-state index is -1.76. The normalized spacial score (nSPS) is 44.0. The first-order chi connectivity index (χ1) is 3.57. The molecule has 0 aliphatic heterocycles. The largest absolute Gasteiger partial charge is 0.329 e. The fourth-order valence-corrected chi connectivity index (χ4v) is 0.517. The van der Waals surface area contributed by atoms with Gasteiger partial charge >= 0.3 is 5.00 Å². The highest BCUT2D eigenvalue weighted by molar-refractivity contribution is 6.25. The van der Waals surface area contributed by atoms with E-state index in [-0.39, 0.29) is 6.42 Å². The van der Waals surface area contributed by atoms with Crippen molar-refractivity contribution >= 4 is 11.6 Å². The Labute approximate surface area is 49.6 Å². The van der Waals surface area contributed by atoms with E-state index in [0.717, 1.165) is 0 Å². The average molecular weight is 140 g/mol. The van der Waals surface area contributed by atoms with Crippen LogP contribution in [0.2, 0.25) is 0 Å². The molecule has 1 aliphatic rings. The van der Waals surface area contributed by atoms with E-state index in [1.807, 2.05) is 0 Å². The number of hydrogen-bond acceptors (Lipinski definition) is 2. The molecule has 0 N–H and O–H groups in total. The van der Waals surface area contributed by atoms with Crippen LogP contribution in [-0.4, -0.2) is 16.1 Å². The molecular weight excluding hydrogens is 136 g/mol. The van der Waals surface area contributed by atoms with Gasteiger partial charge in [0.1, 0.15) is 0 Å². The third-order valence-electron chi connectivity index (χ3n) is 1.09. The van der Waals surface area contributed by atoms with Crippen molar-refractivity contribution in [2.75, 3.05) is 0 Å². The summed E-state index contributed by atoms with van der Waals surface area (Å²) in [6.07, 6.45) is -1.60. The fraction of sp³-hybridized carbons (Fsp3) is 1.00. The lowest BCUT2D eigenvalue weighted by Gasteiger charge is -1.91. The lowest BCUT2D eigenvalue weighted by atomic mass is 10.7. The Hall–Kier alpha value is -0.380. The van der Waals surface area contributed by atoms with E-state index < -0.39 is 16.1 Å². The Morgan fingerprint density at radius 2 is 2.38 bits per heavy atom. The second kappa shape index (κ2) is 1.31. The van der Waals surface area contributed by atoms with Gasteiger partial charge in [-0.1, -0.05) is 0 Å². The molecule has 1 saturated carbocycles. The molecule has 8 heavy (non-hydrogen) atoms. The first kappa shape index (κ1) is 5.75. The van der Waals surface area contributed by atoms with Crippen LogP contribution in [0.25, 0.3) is 0 Å². The Kier molecular flexibility index (Phi) is 0.944. The van der Waals surface area contributed by atoms with E-state index in [9.17, 15) is 14.5 Å². The number of alkyl halides is 2. The van der Waals surface area contributed by atoms with Crippen molar-refractivity contribution in [1.29, 1.82) is 0 Å². The molecule has 2 atom stereocenters. The standard InChI is InChI=1S/C3H3ClFNO2/c4-3(6(7)8)1-2(3)5/h2H,1H2. The van der Waals surface area contributed by atoms with Crippen molar-refractivity contribution in [2.24, 2.45) is 0 Å². The highest BCUT2D eigenvalue weighted by Crippen LogP contribution is 2.45. The summed E-state index contributed by atoms with van der Waals surface area (Å²) in [6, 6.07) is 0. The topological polar surface area (TPSA) is 43.1 Å². The molecule has 0 saturated heterocycles. The zero-order valence-corrected chi connectivity index (χ0v) is 4.56. The molecule has 0 aromatic heterocycles. The lowest BCUT2D eigenvalue weighted by molar-refractivity contribution is -0.515. The molecule has 0 amide bonds. The summed E-state index contributed by atoms with van der Waals surface area (Å²) in [5.41, 5.74) is 0. The minimum Gasteiger partial charge on any atom is -0.263 e. The van der Waals surface area contributed by atoms with Crippen molar-refractivity contribution in [1.82, 2.24) is 0 Å². The van der Waals surface area contributed by atoms with Crippen LogP contribution in [0, 0.1) is 10.1 Å². The summed E-state index contributed by atoms with van der Waals surface area (Å²) in [5, 5.41) is 9.73. The van der Waals surface area contributed by atoms with Gasteiger partial charge in [-0.2, -0.15) is 0 Å². The Bertz CT molecular complexity index is 141. The highest BCUT2D eigenvalue weighted by atomic mass is 35.5. The van der Waals surface area contributed by atoms with Gasteiger partial charge in [0.05, 0.1) is 6.42 Å². The van der Waals surface area contributed by atoms with Crippen LogP contribution >= 0.6 is 11.6 Å². The average Bonchev–Trinajstić information content (AvgIpc) is 2.17. The molecule has 5 heteroatoms. The maximum atomic E-state index is 11.8. The summed E-state index contributed by atoms with van der Waals surface area (Å²) in [6.45, 7) is 0. The zero-order valence-electron chi connectivity index (χ0n) is 3.80. The van der Waals surface area contributed by atoms with Crippen LogP contribution in [0.15, 0.2) is 0 Å². The maximum absolute atomic E-state index is 11.8. The summed E-state index contributed by atoms with van der Waals surface area (Å²) < 4.78 is 11.8. The van der Waals surface area contributed by atoms with Crippen LogP contribution in [0.5, 0.6) is 0 Å². The van der Waals surface area contributed by atoms with Crippen LogP contribution < -0.4 is 0 Å². The maximum Gasteiger partial charge on any atom is 0.329 e. The molecule has 0 aromatic rings. The van der Waals surface area contributed by atoms with Gasteiger partial charge in [-0.15, -0.1) is 0 Å². The first-order valence-electron chi connectivity index (χ1n) is 2.05. The van der Waals surface area contributed by atoms with Crippen molar-refractivity contribution in [3.05, 3.63) is 10.1 Å². The molecule has 0 bridgehead atoms. The second-order valence-electron chi connectivity index (χ2n) is 1.75. The van der Waals surface area contributed by atoms with Crippen molar-refractivity contribution in [3.8, 4) is 0 Å². The molecule has 0 spiro atoms. The molecule has 0 heterocycles.